The van der Waals surface area contributed by atoms with Crippen LogP contribution in [0.25, 0.3) is 10.9 Å². The first-order valence-corrected chi connectivity index (χ1v) is 14.3. The first-order chi connectivity index (χ1) is 16.3. The van der Waals surface area contributed by atoms with E-state index in [1.54, 1.807) is 24.3 Å². The van der Waals surface area contributed by atoms with E-state index in [1.807, 2.05) is 0 Å². The summed E-state index contributed by atoms with van der Waals surface area (Å²) in [6.45, 7) is 5.79. The number of piperazine rings is 1. The topological polar surface area (TPSA) is 76.6 Å². The van der Waals surface area contributed by atoms with E-state index in [4.69, 9.17) is 0 Å². The minimum Gasteiger partial charge on any atom is -0.393 e. The normalized spacial score (nSPS) is 22.3. The number of rotatable bonds is 4. The Morgan fingerprint density at radius 3 is 2.47 bits per heavy atom. The molecule has 34 heavy (non-hydrogen) atoms. The van der Waals surface area contributed by atoms with Gasteiger partial charge < -0.3 is 15.0 Å². The van der Waals surface area contributed by atoms with Crippen molar-refractivity contribution < 1.29 is 13.5 Å². The predicted octanol–water partition coefficient (Wildman–Crippen LogP) is 4.44. The van der Waals surface area contributed by atoms with Crippen molar-refractivity contribution in [3.05, 3.63) is 64.8 Å². The molecular weight excluding hydrogens is 514 g/mol. The van der Waals surface area contributed by atoms with Crippen LogP contribution >= 0.6 is 15.9 Å². The van der Waals surface area contributed by atoms with E-state index in [0.717, 1.165) is 13.0 Å². The van der Waals surface area contributed by atoms with Crippen molar-refractivity contribution in [2.24, 2.45) is 0 Å². The summed E-state index contributed by atoms with van der Waals surface area (Å²) in [5.74, 6) is 0. The summed E-state index contributed by atoms with van der Waals surface area (Å²) in [6.07, 6.45) is 4.15. The Morgan fingerprint density at radius 1 is 1.03 bits per heavy atom. The fourth-order valence-electron chi connectivity index (χ4n) is 4.77. The van der Waals surface area contributed by atoms with Gasteiger partial charge in [-0.05, 0) is 72.4 Å². The summed E-state index contributed by atoms with van der Waals surface area (Å²) in [7, 11) is -1.14. The fourth-order valence-corrected chi connectivity index (χ4v) is 7.65. The van der Waals surface area contributed by atoms with E-state index in [2.05, 4.69) is 68.2 Å². The van der Waals surface area contributed by atoms with Crippen molar-refractivity contribution in [2.75, 3.05) is 33.2 Å². The Hall–Kier alpha value is -1.71. The van der Waals surface area contributed by atoms with Crippen LogP contribution in [0.5, 0.6) is 0 Å². The molecule has 2 N–H and O–H groups in total. The molecule has 2 aliphatic rings. The highest BCUT2D eigenvalue weighted by atomic mass is 79.9. The quantitative estimate of drug-likeness (QED) is 0.504. The molecule has 2 atom stereocenters. The number of nitrogens with one attached hydrogen (secondary N) is 1. The van der Waals surface area contributed by atoms with Gasteiger partial charge in [-0.2, -0.15) is 0 Å². The van der Waals surface area contributed by atoms with Crippen LogP contribution in [-0.4, -0.2) is 72.9 Å². The number of likely N-dealkylation sites (N-methyl/N-ethyl adjacent to an activating group) is 1. The number of nitrogens with zero attached hydrogens (tertiary/aromatic N) is 2. The second kappa shape index (κ2) is 11.4. The average molecular weight is 549 g/mol. The number of hydrogen-bond acceptors (Lipinski definition) is 5. The lowest BCUT2D eigenvalue weighted by molar-refractivity contribution is 0.131. The van der Waals surface area contributed by atoms with Gasteiger partial charge in [0.05, 0.1) is 16.2 Å². The van der Waals surface area contributed by atoms with Crippen molar-refractivity contribution in [3.8, 4) is 0 Å². The van der Waals surface area contributed by atoms with Crippen LogP contribution in [0, 0.1) is 0 Å². The second-order valence-electron chi connectivity index (χ2n) is 9.36. The zero-order valence-corrected chi connectivity index (χ0v) is 22.1. The molecule has 1 saturated carbocycles. The highest BCUT2D eigenvalue weighted by Gasteiger charge is 2.33. The lowest BCUT2D eigenvalue weighted by Gasteiger charge is -2.32. The number of para-hydroxylation sites is 1. The van der Waals surface area contributed by atoms with E-state index >= 15 is 0 Å². The molecule has 2 aromatic carbocycles. The summed E-state index contributed by atoms with van der Waals surface area (Å²) in [5.41, 5.74) is 2.67. The maximum atomic E-state index is 12.4. The largest absolute Gasteiger partial charge is 0.393 e. The van der Waals surface area contributed by atoms with Crippen LogP contribution in [0.4, 0.5) is 0 Å². The van der Waals surface area contributed by atoms with Gasteiger partial charge in [-0.15, -0.1) is 0 Å². The number of aromatic nitrogens is 1. The predicted molar refractivity (Wildman–Crippen MR) is 141 cm³/mol. The minimum absolute atomic E-state index is 0.333. The zero-order chi connectivity index (χ0) is 24.1. The number of fused-ring (bicyclic) bond motifs is 1. The van der Waals surface area contributed by atoms with Gasteiger partial charge in [0.2, 0.25) is 0 Å². The summed E-state index contributed by atoms with van der Waals surface area (Å²) in [4.78, 5) is 8.61. The van der Waals surface area contributed by atoms with Gasteiger partial charge in [0, 0.05) is 54.3 Å². The average Bonchev–Trinajstić information content (AvgIpc) is 3.24. The smallest absolute Gasteiger partial charge is 0.182 e. The van der Waals surface area contributed by atoms with Crippen LogP contribution in [-0.2, 0) is 16.4 Å². The van der Waals surface area contributed by atoms with Crippen molar-refractivity contribution in [2.45, 2.75) is 48.5 Å². The highest BCUT2D eigenvalue weighted by molar-refractivity contribution is 9.10. The van der Waals surface area contributed by atoms with E-state index in [0.29, 0.717) is 28.6 Å². The third kappa shape index (κ3) is 6.10. The van der Waals surface area contributed by atoms with E-state index in [9.17, 15) is 13.5 Å². The maximum absolute atomic E-state index is 12.4. The molecule has 1 aliphatic heterocycles. The van der Waals surface area contributed by atoms with Crippen molar-refractivity contribution in [3.63, 3.8) is 0 Å². The van der Waals surface area contributed by atoms with Crippen LogP contribution in [0.3, 0.4) is 0 Å². The third-order valence-corrected chi connectivity index (χ3v) is 10.1. The molecule has 2 fully saturated rings. The van der Waals surface area contributed by atoms with Gasteiger partial charge >= 0.3 is 0 Å². The standard InChI is InChI=1S/C14H19N3.C12H15BrO3S/c1-16-6-8-17(9-7-16)11-12-10-15-14-5-3-2-4-13(12)14;13-11-6-1-2-7-12(11)17(15,16)10-5-3-4-9(14)8-10/h2-5,10,15H,6-9,11H2,1H3;1-2,6-7,9-10,14H,3-5,8H2. The van der Waals surface area contributed by atoms with E-state index in [-0.39, 0.29) is 0 Å². The van der Waals surface area contributed by atoms with Crippen LogP contribution in [0.2, 0.25) is 0 Å². The van der Waals surface area contributed by atoms with Gasteiger partial charge in [0.1, 0.15) is 0 Å². The maximum Gasteiger partial charge on any atom is 0.182 e. The van der Waals surface area contributed by atoms with Crippen molar-refractivity contribution in [1.29, 1.82) is 0 Å². The van der Waals surface area contributed by atoms with Crippen LogP contribution in [0.15, 0.2) is 64.1 Å². The molecule has 5 rings (SSSR count). The molecule has 0 spiro atoms. The highest BCUT2D eigenvalue weighted by Crippen LogP contribution is 2.32. The molecule has 0 bridgehead atoms. The molecule has 1 saturated heterocycles. The molecule has 0 amide bonds. The number of aliphatic hydroxyl groups excluding tert-OH is 1. The Bertz CT molecular complexity index is 1190. The summed E-state index contributed by atoms with van der Waals surface area (Å²) in [5, 5.41) is 10.5. The number of sulfone groups is 1. The molecule has 1 aliphatic carbocycles. The molecule has 184 valence electrons. The molecular formula is C26H34BrN3O3S. The minimum atomic E-state index is -3.33. The Kier molecular flexibility index (Phi) is 8.47. The zero-order valence-electron chi connectivity index (χ0n) is 19.7. The van der Waals surface area contributed by atoms with Crippen LogP contribution < -0.4 is 0 Å². The monoisotopic (exact) mass is 547 g/mol. The molecule has 0 radical (unpaired) electrons. The molecule has 6 nitrogen and oxygen atoms in total. The SMILES string of the molecule is CN1CCN(Cc2c[nH]c3ccccc23)CC1.O=S(=O)(c1ccccc1Br)C1CCCC(O)C1. The van der Waals surface area contributed by atoms with Gasteiger partial charge in [0.25, 0.3) is 0 Å². The summed E-state index contributed by atoms with van der Waals surface area (Å²) < 4.78 is 25.4. The first kappa shape index (κ1) is 25.4. The first-order valence-electron chi connectivity index (χ1n) is 12.0. The third-order valence-electron chi connectivity index (χ3n) is 6.85. The molecule has 8 heteroatoms. The number of aromatic amines is 1. The number of halogens is 1. The van der Waals surface area contributed by atoms with Crippen molar-refractivity contribution >= 4 is 36.7 Å². The Labute approximate surface area is 211 Å². The van der Waals surface area contributed by atoms with E-state index < -0.39 is 21.2 Å². The lowest BCUT2D eigenvalue weighted by Crippen LogP contribution is -2.43. The number of H-pyrrole nitrogens is 1. The number of benzene rings is 2. The fraction of sp³-hybridized carbons (Fsp3) is 0.462. The van der Waals surface area contributed by atoms with E-state index in [1.165, 1.54) is 42.6 Å². The number of hydrogen-bond donors (Lipinski definition) is 2. The van der Waals surface area contributed by atoms with Gasteiger partial charge in [-0.25, -0.2) is 8.42 Å². The molecule has 2 heterocycles. The van der Waals surface area contributed by atoms with Gasteiger partial charge in [-0.1, -0.05) is 30.3 Å². The van der Waals surface area contributed by atoms with Gasteiger partial charge in [0.15, 0.2) is 9.84 Å². The summed E-state index contributed by atoms with van der Waals surface area (Å²) in [6, 6.07) is 15.4. The second-order valence-corrected chi connectivity index (χ2v) is 12.4. The Balaban J connectivity index is 0.000000161. The number of aliphatic hydroxyl groups is 1. The summed E-state index contributed by atoms with van der Waals surface area (Å²) >= 11 is 3.27. The molecule has 3 aromatic rings. The van der Waals surface area contributed by atoms with Crippen LogP contribution in [0.1, 0.15) is 31.2 Å². The molecule has 1 aromatic heterocycles. The Morgan fingerprint density at radius 2 is 1.74 bits per heavy atom. The van der Waals surface area contributed by atoms with Gasteiger partial charge in [-0.3, -0.25) is 4.90 Å². The molecule has 2 unspecified atom stereocenters. The van der Waals surface area contributed by atoms with Crippen molar-refractivity contribution in [1.82, 2.24) is 14.8 Å². The lowest BCUT2D eigenvalue weighted by atomic mass is 9.97.